The summed E-state index contributed by atoms with van der Waals surface area (Å²) in [7, 11) is 0. The number of benzene rings is 1. The average molecular weight is 430 g/mol. The smallest absolute Gasteiger partial charge is 0.381 e. The molecule has 1 aliphatic rings. The van der Waals surface area contributed by atoms with Gasteiger partial charge in [0, 0.05) is 30.0 Å². The molecule has 3 rings (SSSR count). The number of thioether (sulfide) groups is 1. The zero-order valence-corrected chi connectivity index (χ0v) is 16.4. The van der Waals surface area contributed by atoms with Gasteiger partial charge in [0.05, 0.1) is 25.3 Å². The van der Waals surface area contributed by atoms with Gasteiger partial charge in [-0.15, -0.1) is 0 Å². The van der Waals surface area contributed by atoms with Crippen molar-refractivity contribution in [3.63, 3.8) is 0 Å². The van der Waals surface area contributed by atoms with Crippen molar-refractivity contribution in [3.8, 4) is 0 Å². The molecule has 1 aliphatic heterocycles. The van der Waals surface area contributed by atoms with E-state index < -0.39 is 5.51 Å². The van der Waals surface area contributed by atoms with Crippen LogP contribution in [0.1, 0.15) is 23.4 Å². The van der Waals surface area contributed by atoms with Gasteiger partial charge in [0.2, 0.25) is 5.91 Å². The van der Waals surface area contributed by atoms with Gasteiger partial charge in [-0.3, -0.25) is 4.79 Å². The number of aromatic nitrogens is 1. The van der Waals surface area contributed by atoms with Crippen molar-refractivity contribution in [2.24, 2.45) is 5.92 Å². The lowest BCUT2D eigenvalue weighted by molar-refractivity contribution is -0.120. The van der Waals surface area contributed by atoms with Gasteiger partial charge >= 0.3 is 5.51 Å². The molecule has 10 heteroatoms. The molecule has 6 nitrogen and oxygen atoms in total. The highest BCUT2D eigenvalue weighted by molar-refractivity contribution is 8.00. The van der Waals surface area contributed by atoms with Crippen LogP contribution in [0.15, 0.2) is 39.8 Å². The predicted octanol–water partition coefficient (Wildman–Crippen LogP) is 3.70. The lowest BCUT2D eigenvalue weighted by Crippen LogP contribution is -2.30. The lowest BCUT2D eigenvalue weighted by Gasteiger charge is -2.08. The Morgan fingerprint density at radius 2 is 2.07 bits per heavy atom. The van der Waals surface area contributed by atoms with E-state index in [0.29, 0.717) is 30.5 Å². The van der Waals surface area contributed by atoms with Crippen LogP contribution in [-0.4, -0.2) is 36.3 Å². The molecular formula is C19H21F3N2O4S. The van der Waals surface area contributed by atoms with E-state index in [1.54, 1.807) is 18.2 Å². The molecule has 1 unspecified atom stereocenters. The molecule has 29 heavy (non-hydrogen) atoms. The summed E-state index contributed by atoms with van der Waals surface area (Å²) in [5.41, 5.74) is -3.05. The number of hydrogen-bond acceptors (Lipinski definition) is 6. The summed E-state index contributed by atoms with van der Waals surface area (Å²) >= 11 is -0.155. The monoisotopic (exact) mass is 430 g/mol. The number of nitrogens with one attached hydrogen (secondary N) is 1. The Kier molecular flexibility index (Phi) is 7.57. The van der Waals surface area contributed by atoms with Crippen molar-refractivity contribution < 1.29 is 32.0 Å². The molecule has 0 radical (unpaired) electrons. The van der Waals surface area contributed by atoms with Crippen LogP contribution in [0.2, 0.25) is 0 Å². The van der Waals surface area contributed by atoms with Gasteiger partial charge in [-0.2, -0.15) is 13.2 Å². The Hall–Kier alpha value is -2.04. The summed E-state index contributed by atoms with van der Waals surface area (Å²) < 4.78 is 52.9. The van der Waals surface area contributed by atoms with Gasteiger partial charge in [-0.05, 0) is 35.9 Å². The number of ether oxygens (including phenoxy) is 2. The van der Waals surface area contributed by atoms with Gasteiger partial charge in [0.25, 0.3) is 0 Å². The first kappa shape index (κ1) is 21.7. The standard InChI is InChI=1S/C19H21F3N2O4S/c20-19(21,22)29-17-3-1-13(2-4-17)10-27-12-16-7-15(24-28-16)8-18(25)23-9-14-5-6-26-11-14/h1-4,7,14H,5-6,8-12H2,(H,23,25). The molecule has 0 spiro atoms. The maximum Gasteiger partial charge on any atom is 0.446 e. The topological polar surface area (TPSA) is 73.6 Å². The van der Waals surface area contributed by atoms with Crippen molar-refractivity contribution in [1.29, 1.82) is 0 Å². The minimum Gasteiger partial charge on any atom is -0.381 e. The molecule has 1 amide bonds. The second kappa shape index (κ2) is 10.1. The number of halogens is 3. The summed E-state index contributed by atoms with van der Waals surface area (Å²) in [6.07, 6.45) is 1.07. The molecule has 1 N–H and O–H groups in total. The first-order valence-corrected chi connectivity index (χ1v) is 9.90. The fourth-order valence-corrected chi connectivity index (χ4v) is 3.33. The average Bonchev–Trinajstić information content (AvgIpc) is 3.32. The van der Waals surface area contributed by atoms with Crippen LogP contribution in [0.3, 0.4) is 0 Å². The number of amides is 1. The van der Waals surface area contributed by atoms with E-state index in [9.17, 15) is 18.0 Å². The van der Waals surface area contributed by atoms with Gasteiger partial charge in [-0.25, -0.2) is 0 Å². The van der Waals surface area contributed by atoms with Gasteiger partial charge < -0.3 is 19.3 Å². The van der Waals surface area contributed by atoms with E-state index in [1.807, 2.05) is 0 Å². The minimum atomic E-state index is -4.30. The molecule has 0 aliphatic carbocycles. The Labute approximate surface area is 170 Å². The Morgan fingerprint density at radius 3 is 2.76 bits per heavy atom. The second-order valence-corrected chi connectivity index (χ2v) is 7.82. The van der Waals surface area contributed by atoms with Crippen LogP contribution in [0.4, 0.5) is 13.2 Å². The van der Waals surface area contributed by atoms with Crippen molar-refractivity contribution in [3.05, 3.63) is 47.3 Å². The summed E-state index contributed by atoms with van der Waals surface area (Å²) in [6, 6.07) is 7.62. The molecule has 0 bridgehead atoms. The number of nitrogens with zero attached hydrogens (tertiary/aromatic N) is 1. The van der Waals surface area contributed by atoms with Gasteiger partial charge in [0.15, 0.2) is 5.76 Å². The van der Waals surface area contributed by atoms with E-state index in [1.165, 1.54) is 12.1 Å². The van der Waals surface area contributed by atoms with Crippen molar-refractivity contribution in [2.75, 3.05) is 19.8 Å². The summed E-state index contributed by atoms with van der Waals surface area (Å²) in [5.74, 6) is 0.706. The van der Waals surface area contributed by atoms with Crippen LogP contribution in [0.5, 0.6) is 0 Å². The quantitative estimate of drug-likeness (QED) is 0.612. The molecule has 2 heterocycles. The molecule has 1 fully saturated rings. The highest BCUT2D eigenvalue weighted by atomic mass is 32.2. The van der Waals surface area contributed by atoms with E-state index in [0.717, 1.165) is 18.6 Å². The third-order valence-electron chi connectivity index (χ3n) is 4.23. The minimum absolute atomic E-state index is 0.120. The van der Waals surface area contributed by atoms with Crippen LogP contribution in [0, 0.1) is 5.92 Å². The van der Waals surface area contributed by atoms with Crippen LogP contribution < -0.4 is 5.32 Å². The maximum absolute atomic E-state index is 12.3. The zero-order chi connectivity index (χ0) is 20.7. The van der Waals surface area contributed by atoms with Gasteiger partial charge in [-0.1, -0.05) is 17.3 Å². The fourth-order valence-electron chi connectivity index (χ4n) is 2.79. The number of carbonyl (C=O) groups excluding carboxylic acids is 1. The van der Waals surface area contributed by atoms with Crippen LogP contribution in [-0.2, 0) is 33.9 Å². The number of hydrogen-bond donors (Lipinski definition) is 1. The zero-order valence-electron chi connectivity index (χ0n) is 15.5. The van der Waals surface area contributed by atoms with E-state index in [-0.39, 0.29) is 42.2 Å². The SMILES string of the molecule is O=C(Cc1cc(COCc2ccc(SC(F)(F)F)cc2)on1)NCC1CCOC1. The normalized spacial score (nSPS) is 16.9. The molecule has 1 aromatic carbocycles. The van der Waals surface area contributed by atoms with E-state index in [2.05, 4.69) is 10.5 Å². The highest BCUT2D eigenvalue weighted by Crippen LogP contribution is 2.36. The Balaban J connectivity index is 1.37. The van der Waals surface area contributed by atoms with Gasteiger partial charge in [0.1, 0.15) is 6.61 Å². The maximum atomic E-state index is 12.3. The van der Waals surface area contributed by atoms with Crippen LogP contribution in [0.25, 0.3) is 0 Å². The van der Waals surface area contributed by atoms with Crippen molar-refractivity contribution in [1.82, 2.24) is 10.5 Å². The third kappa shape index (κ3) is 7.71. The Morgan fingerprint density at radius 1 is 1.28 bits per heavy atom. The number of carbonyl (C=O) groups is 1. The second-order valence-electron chi connectivity index (χ2n) is 6.68. The highest BCUT2D eigenvalue weighted by Gasteiger charge is 2.29. The van der Waals surface area contributed by atoms with E-state index in [4.69, 9.17) is 14.0 Å². The van der Waals surface area contributed by atoms with Crippen molar-refractivity contribution in [2.45, 2.75) is 36.5 Å². The molecule has 1 atom stereocenters. The first-order chi connectivity index (χ1) is 13.9. The first-order valence-electron chi connectivity index (χ1n) is 9.09. The molecule has 1 saturated heterocycles. The largest absolute Gasteiger partial charge is 0.446 e. The van der Waals surface area contributed by atoms with Crippen molar-refractivity contribution >= 4 is 17.7 Å². The number of alkyl halides is 3. The molecular weight excluding hydrogens is 409 g/mol. The van der Waals surface area contributed by atoms with E-state index >= 15 is 0 Å². The predicted molar refractivity (Wildman–Crippen MR) is 99.0 cm³/mol. The molecule has 2 aromatic rings. The van der Waals surface area contributed by atoms with Crippen LogP contribution >= 0.6 is 11.8 Å². The molecule has 0 saturated carbocycles. The summed E-state index contributed by atoms with van der Waals surface area (Å²) in [6.45, 7) is 2.37. The molecule has 158 valence electrons. The summed E-state index contributed by atoms with van der Waals surface area (Å²) in [5, 5.41) is 6.72. The Bertz CT molecular complexity index is 789. The fraction of sp³-hybridized carbons (Fsp3) is 0.474. The number of rotatable bonds is 9. The lowest BCUT2D eigenvalue weighted by atomic mass is 10.1. The molecule has 1 aromatic heterocycles. The summed E-state index contributed by atoms with van der Waals surface area (Å²) in [4.78, 5) is 12.1. The third-order valence-corrected chi connectivity index (χ3v) is 4.97.